The minimum atomic E-state index is -0.239. The Bertz CT molecular complexity index is 1050. The Balaban J connectivity index is 1.42. The quantitative estimate of drug-likeness (QED) is 0.728. The highest BCUT2D eigenvalue weighted by Gasteiger charge is 2.26. The standard InChI is InChI=1S/C22H25N3O4/c1-13-5-4-6-16-11-19(28-21(13)16)22(27)23-17-7-8-20(26)25(10-9-17)12-18-14(2)24-29-15(18)3/h4-6,11,17H,7-10,12H2,1-3H3,(H,23,27). The van der Waals surface area contributed by atoms with Crippen LogP contribution in [0.4, 0.5) is 0 Å². The summed E-state index contributed by atoms with van der Waals surface area (Å²) in [6.45, 7) is 6.76. The van der Waals surface area contributed by atoms with Gasteiger partial charge in [-0.05, 0) is 45.2 Å². The number of benzene rings is 1. The van der Waals surface area contributed by atoms with Crippen molar-refractivity contribution in [1.29, 1.82) is 0 Å². The largest absolute Gasteiger partial charge is 0.451 e. The first kappa shape index (κ1) is 19.2. The molecule has 3 aromatic rings. The van der Waals surface area contributed by atoms with Gasteiger partial charge in [0.15, 0.2) is 5.76 Å². The van der Waals surface area contributed by atoms with E-state index in [0.29, 0.717) is 38.1 Å². The van der Waals surface area contributed by atoms with E-state index >= 15 is 0 Å². The Kier molecular flexibility index (Phi) is 5.13. The van der Waals surface area contributed by atoms with E-state index in [-0.39, 0.29) is 17.9 Å². The van der Waals surface area contributed by atoms with Crippen molar-refractivity contribution in [2.24, 2.45) is 0 Å². The lowest BCUT2D eigenvalue weighted by atomic mass is 10.1. The summed E-state index contributed by atoms with van der Waals surface area (Å²) in [7, 11) is 0. The third-order valence-electron chi connectivity index (χ3n) is 5.64. The third-order valence-corrected chi connectivity index (χ3v) is 5.64. The predicted octanol–water partition coefficient (Wildman–Crippen LogP) is 3.66. The van der Waals surface area contributed by atoms with Crippen molar-refractivity contribution in [3.8, 4) is 0 Å². The number of nitrogens with one attached hydrogen (secondary N) is 1. The van der Waals surface area contributed by atoms with Crippen LogP contribution in [0, 0.1) is 20.8 Å². The summed E-state index contributed by atoms with van der Waals surface area (Å²) < 4.78 is 11.0. The average Bonchev–Trinajstić information content (AvgIpc) is 3.22. The maximum Gasteiger partial charge on any atom is 0.287 e. The lowest BCUT2D eigenvalue weighted by molar-refractivity contribution is -0.131. The normalized spacial score (nSPS) is 17.6. The van der Waals surface area contributed by atoms with Gasteiger partial charge in [0.25, 0.3) is 5.91 Å². The molecule has 1 saturated heterocycles. The number of hydrogen-bond acceptors (Lipinski definition) is 5. The van der Waals surface area contributed by atoms with Gasteiger partial charge in [0.1, 0.15) is 11.3 Å². The molecule has 0 bridgehead atoms. The second kappa shape index (κ2) is 7.73. The molecule has 0 radical (unpaired) electrons. The molecule has 29 heavy (non-hydrogen) atoms. The highest BCUT2D eigenvalue weighted by Crippen LogP contribution is 2.23. The molecular formula is C22H25N3O4. The van der Waals surface area contributed by atoms with Crippen LogP contribution in [-0.4, -0.2) is 34.5 Å². The number of amides is 2. The number of carbonyl (C=O) groups is 2. The van der Waals surface area contributed by atoms with Crippen LogP contribution >= 0.6 is 0 Å². The minimum Gasteiger partial charge on any atom is -0.451 e. The smallest absolute Gasteiger partial charge is 0.287 e. The van der Waals surface area contributed by atoms with Gasteiger partial charge in [-0.1, -0.05) is 23.4 Å². The van der Waals surface area contributed by atoms with Crippen LogP contribution in [0.15, 0.2) is 33.2 Å². The van der Waals surface area contributed by atoms with E-state index in [4.69, 9.17) is 8.94 Å². The molecule has 2 aromatic heterocycles. The fraction of sp³-hybridized carbons (Fsp3) is 0.409. The Morgan fingerprint density at radius 3 is 2.83 bits per heavy atom. The van der Waals surface area contributed by atoms with Crippen molar-refractivity contribution in [2.45, 2.75) is 52.6 Å². The van der Waals surface area contributed by atoms with Crippen LogP contribution in [0.25, 0.3) is 11.0 Å². The van der Waals surface area contributed by atoms with Crippen molar-refractivity contribution in [3.63, 3.8) is 0 Å². The van der Waals surface area contributed by atoms with E-state index in [0.717, 1.165) is 33.6 Å². The molecule has 0 aliphatic carbocycles. The summed E-state index contributed by atoms with van der Waals surface area (Å²) >= 11 is 0. The van der Waals surface area contributed by atoms with Gasteiger partial charge in [-0.15, -0.1) is 0 Å². The second-order valence-electron chi connectivity index (χ2n) is 7.72. The zero-order valence-corrected chi connectivity index (χ0v) is 16.9. The van der Waals surface area contributed by atoms with Gasteiger partial charge in [0.2, 0.25) is 5.91 Å². The van der Waals surface area contributed by atoms with E-state index in [2.05, 4.69) is 10.5 Å². The third kappa shape index (κ3) is 3.90. The van der Waals surface area contributed by atoms with Crippen LogP contribution in [0.5, 0.6) is 0 Å². The number of para-hydroxylation sites is 1. The van der Waals surface area contributed by atoms with Gasteiger partial charge in [0, 0.05) is 30.0 Å². The molecule has 1 unspecified atom stereocenters. The number of rotatable bonds is 4. The first-order chi connectivity index (χ1) is 13.9. The number of likely N-dealkylation sites (tertiary alicyclic amines) is 1. The monoisotopic (exact) mass is 395 g/mol. The molecule has 3 heterocycles. The van der Waals surface area contributed by atoms with Gasteiger partial charge < -0.3 is 19.2 Å². The Morgan fingerprint density at radius 1 is 1.28 bits per heavy atom. The van der Waals surface area contributed by atoms with Crippen molar-refractivity contribution in [3.05, 3.63) is 52.6 Å². The van der Waals surface area contributed by atoms with Gasteiger partial charge in [0.05, 0.1) is 12.2 Å². The van der Waals surface area contributed by atoms with E-state index in [1.807, 2.05) is 43.9 Å². The number of carbonyl (C=O) groups excluding carboxylic acids is 2. The fourth-order valence-corrected chi connectivity index (χ4v) is 3.84. The molecule has 0 saturated carbocycles. The van der Waals surface area contributed by atoms with Crippen LogP contribution in [0.1, 0.15) is 52.4 Å². The molecule has 4 rings (SSSR count). The molecule has 152 valence electrons. The molecule has 1 atom stereocenters. The number of fused-ring (bicyclic) bond motifs is 1. The van der Waals surface area contributed by atoms with Gasteiger partial charge >= 0.3 is 0 Å². The van der Waals surface area contributed by atoms with E-state index in [9.17, 15) is 9.59 Å². The summed E-state index contributed by atoms with van der Waals surface area (Å²) in [5.41, 5.74) is 3.50. The molecule has 0 spiro atoms. The zero-order chi connectivity index (χ0) is 20.5. The molecule has 1 aliphatic rings. The van der Waals surface area contributed by atoms with Crippen LogP contribution in [0.3, 0.4) is 0 Å². The molecule has 1 aliphatic heterocycles. The first-order valence-electron chi connectivity index (χ1n) is 9.92. The molecule has 7 heteroatoms. The molecule has 1 aromatic carbocycles. The van der Waals surface area contributed by atoms with Crippen molar-refractivity contribution >= 4 is 22.8 Å². The number of hydrogen-bond donors (Lipinski definition) is 1. The number of nitrogens with zero attached hydrogens (tertiary/aromatic N) is 2. The van der Waals surface area contributed by atoms with Gasteiger partial charge in [-0.25, -0.2) is 0 Å². The van der Waals surface area contributed by atoms with Crippen LogP contribution < -0.4 is 5.32 Å². The summed E-state index contributed by atoms with van der Waals surface area (Å²) in [6, 6.07) is 7.52. The maximum absolute atomic E-state index is 12.7. The lowest BCUT2D eigenvalue weighted by Crippen LogP contribution is -2.35. The topological polar surface area (TPSA) is 88.6 Å². The summed E-state index contributed by atoms with van der Waals surface area (Å²) in [5.74, 6) is 0.889. The van der Waals surface area contributed by atoms with Crippen LogP contribution in [-0.2, 0) is 11.3 Å². The summed E-state index contributed by atoms with van der Waals surface area (Å²) in [4.78, 5) is 27.1. The molecule has 1 fully saturated rings. The highest BCUT2D eigenvalue weighted by molar-refractivity contribution is 5.96. The summed E-state index contributed by atoms with van der Waals surface area (Å²) in [5, 5.41) is 7.91. The minimum absolute atomic E-state index is 0.0737. The Morgan fingerprint density at radius 2 is 2.10 bits per heavy atom. The second-order valence-corrected chi connectivity index (χ2v) is 7.72. The zero-order valence-electron chi connectivity index (χ0n) is 16.9. The number of aromatic nitrogens is 1. The molecular weight excluding hydrogens is 370 g/mol. The highest BCUT2D eigenvalue weighted by atomic mass is 16.5. The van der Waals surface area contributed by atoms with Crippen LogP contribution in [0.2, 0.25) is 0 Å². The molecule has 2 amide bonds. The van der Waals surface area contributed by atoms with Gasteiger partial charge in [-0.3, -0.25) is 9.59 Å². The summed E-state index contributed by atoms with van der Waals surface area (Å²) in [6.07, 6.45) is 1.70. The van der Waals surface area contributed by atoms with Crippen molar-refractivity contribution in [2.75, 3.05) is 6.54 Å². The lowest BCUT2D eigenvalue weighted by Gasteiger charge is -2.21. The maximum atomic E-state index is 12.7. The average molecular weight is 395 g/mol. The molecule has 7 nitrogen and oxygen atoms in total. The SMILES string of the molecule is Cc1noc(C)c1CN1CCC(NC(=O)c2cc3cccc(C)c3o2)CCC1=O. The van der Waals surface area contributed by atoms with Gasteiger partial charge in [-0.2, -0.15) is 0 Å². The predicted molar refractivity (Wildman–Crippen MR) is 107 cm³/mol. The van der Waals surface area contributed by atoms with E-state index < -0.39 is 0 Å². The Hall–Kier alpha value is -3.09. The van der Waals surface area contributed by atoms with E-state index in [1.54, 1.807) is 6.07 Å². The van der Waals surface area contributed by atoms with Crippen molar-refractivity contribution in [1.82, 2.24) is 15.4 Å². The number of furan rings is 1. The van der Waals surface area contributed by atoms with E-state index in [1.165, 1.54) is 0 Å². The Labute approximate surface area is 169 Å². The molecule has 1 N–H and O–H groups in total. The fourth-order valence-electron chi connectivity index (χ4n) is 3.84. The first-order valence-corrected chi connectivity index (χ1v) is 9.92. The van der Waals surface area contributed by atoms with Crippen molar-refractivity contribution < 1.29 is 18.5 Å². The number of aryl methyl sites for hydroxylation is 3.